The number of hydrogen-bond donors (Lipinski definition) is 2. The molecule has 3 atom stereocenters. The minimum atomic E-state index is -2.16. The Morgan fingerprint density at radius 1 is 1.09 bits per heavy atom. The van der Waals surface area contributed by atoms with Crippen LogP contribution in [0.25, 0.3) is 22.4 Å². The number of primary amides is 1. The number of ether oxygens (including phenoxy) is 1. The minimum Gasteiger partial charge on any atom is -0.364 e. The van der Waals surface area contributed by atoms with Crippen LogP contribution in [0.15, 0.2) is 42.7 Å². The minimum absolute atomic E-state index is 0.0275. The van der Waals surface area contributed by atoms with Crippen molar-refractivity contribution in [2.45, 2.75) is 44.0 Å². The van der Waals surface area contributed by atoms with Gasteiger partial charge < -0.3 is 15.6 Å². The Hall–Kier alpha value is -3.30. The summed E-state index contributed by atoms with van der Waals surface area (Å²) in [6, 6.07) is 6.14. The summed E-state index contributed by atoms with van der Waals surface area (Å²) >= 11 is 0. The summed E-state index contributed by atoms with van der Waals surface area (Å²) in [4.78, 5) is 20.5. The lowest BCUT2D eigenvalue weighted by molar-refractivity contribution is -0.272. The molecule has 3 aromatic rings. The molecule has 5 rings (SSSR count). The lowest BCUT2D eigenvalue weighted by Gasteiger charge is -2.40. The van der Waals surface area contributed by atoms with Crippen molar-refractivity contribution in [3.05, 3.63) is 71.4 Å². The molecule has 0 bridgehead atoms. The maximum Gasteiger partial charge on any atom is 0.267 e. The Morgan fingerprint density at radius 3 is 2.53 bits per heavy atom. The summed E-state index contributed by atoms with van der Waals surface area (Å²) in [6.07, 6.45) is 5.67. The van der Waals surface area contributed by atoms with Gasteiger partial charge in [0.25, 0.3) is 5.91 Å². The number of rotatable bonds is 4. The van der Waals surface area contributed by atoms with E-state index in [0.29, 0.717) is 12.8 Å². The highest BCUT2D eigenvalue weighted by atomic mass is 19.1. The van der Waals surface area contributed by atoms with Crippen molar-refractivity contribution in [3.8, 4) is 22.4 Å². The van der Waals surface area contributed by atoms with Crippen LogP contribution < -0.4 is 5.73 Å². The molecular formula is C25H22F3N3O3. The first-order chi connectivity index (χ1) is 16.3. The van der Waals surface area contributed by atoms with Gasteiger partial charge in [0.2, 0.25) is 0 Å². The van der Waals surface area contributed by atoms with Crippen LogP contribution in [0.1, 0.15) is 48.2 Å². The molecular weight excluding hydrogens is 447 g/mol. The zero-order valence-corrected chi connectivity index (χ0v) is 18.1. The van der Waals surface area contributed by atoms with Gasteiger partial charge >= 0.3 is 0 Å². The molecule has 1 amide bonds. The lowest BCUT2D eigenvalue weighted by atomic mass is 9.84. The smallest absolute Gasteiger partial charge is 0.267 e. The first-order valence-corrected chi connectivity index (χ1v) is 11.1. The predicted octanol–water partition coefficient (Wildman–Crippen LogP) is 4.45. The van der Waals surface area contributed by atoms with Crippen LogP contribution in [-0.4, -0.2) is 27.1 Å². The molecule has 1 saturated carbocycles. The summed E-state index contributed by atoms with van der Waals surface area (Å²) in [5, 5.41) is 11.7. The van der Waals surface area contributed by atoms with Crippen LogP contribution in [-0.2, 0) is 10.5 Å². The lowest BCUT2D eigenvalue weighted by Crippen LogP contribution is -2.42. The molecule has 1 aromatic carbocycles. The summed E-state index contributed by atoms with van der Waals surface area (Å²) in [5.74, 6) is -6.33. The van der Waals surface area contributed by atoms with E-state index >= 15 is 4.39 Å². The predicted molar refractivity (Wildman–Crippen MR) is 117 cm³/mol. The van der Waals surface area contributed by atoms with Crippen LogP contribution in [0.5, 0.6) is 0 Å². The second-order valence-corrected chi connectivity index (χ2v) is 8.75. The Labute approximate surface area is 193 Å². The zero-order chi connectivity index (χ0) is 24.0. The van der Waals surface area contributed by atoms with Gasteiger partial charge in [-0.05, 0) is 43.4 Å². The highest BCUT2D eigenvalue weighted by Crippen LogP contribution is 2.49. The summed E-state index contributed by atoms with van der Waals surface area (Å²) in [6.45, 7) is 0. The molecule has 0 radical (unpaired) electrons. The van der Waals surface area contributed by atoms with Gasteiger partial charge in [0.15, 0.2) is 11.6 Å². The number of hydrogen-bond acceptors (Lipinski definition) is 5. The molecule has 2 fully saturated rings. The molecule has 3 unspecified atom stereocenters. The normalized spacial score (nSPS) is 24.1. The number of fused-ring (bicyclic) bond motifs is 1. The fraction of sp³-hybridized carbons (Fsp3) is 0.320. The van der Waals surface area contributed by atoms with Gasteiger partial charge in [-0.3, -0.25) is 9.78 Å². The number of nitrogens with zero attached hydrogens (tertiary/aromatic N) is 2. The first-order valence-electron chi connectivity index (χ1n) is 11.1. The van der Waals surface area contributed by atoms with Crippen LogP contribution in [0.2, 0.25) is 0 Å². The Kier molecular flexibility index (Phi) is 5.61. The molecule has 1 aliphatic carbocycles. The highest BCUT2D eigenvalue weighted by molar-refractivity contribution is 5.99. The maximum atomic E-state index is 16.3. The van der Waals surface area contributed by atoms with Crippen molar-refractivity contribution < 1.29 is 27.8 Å². The summed E-state index contributed by atoms with van der Waals surface area (Å²) < 4.78 is 51.6. The van der Waals surface area contributed by atoms with Gasteiger partial charge in [-0.1, -0.05) is 18.6 Å². The number of nitrogens with two attached hydrogens (primary N) is 1. The van der Waals surface area contributed by atoms with Crippen LogP contribution >= 0.6 is 0 Å². The maximum absolute atomic E-state index is 16.3. The van der Waals surface area contributed by atoms with E-state index < -0.39 is 51.7 Å². The molecule has 1 saturated heterocycles. The van der Waals surface area contributed by atoms with Gasteiger partial charge in [0.05, 0.1) is 17.2 Å². The molecule has 3 N–H and O–H groups in total. The molecule has 2 aromatic heterocycles. The van der Waals surface area contributed by atoms with Gasteiger partial charge in [0.1, 0.15) is 23.0 Å². The van der Waals surface area contributed by atoms with E-state index in [1.54, 1.807) is 12.1 Å². The van der Waals surface area contributed by atoms with Crippen molar-refractivity contribution >= 4 is 5.91 Å². The Balaban J connectivity index is 1.84. The Morgan fingerprint density at radius 2 is 1.85 bits per heavy atom. The van der Waals surface area contributed by atoms with Crippen molar-refractivity contribution in [1.82, 2.24) is 9.97 Å². The fourth-order valence-corrected chi connectivity index (χ4v) is 5.15. The molecule has 6 nitrogen and oxygen atoms in total. The number of aromatic nitrogens is 2. The van der Waals surface area contributed by atoms with E-state index in [4.69, 9.17) is 10.5 Å². The summed E-state index contributed by atoms with van der Waals surface area (Å²) in [7, 11) is 0. The summed E-state index contributed by atoms with van der Waals surface area (Å²) in [5.41, 5.74) is 3.33. The average Bonchev–Trinajstić information content (AvgIpc) is 3.27. The number of carbonyl (C=O) groups is 1. The second-order valence-electron chi connectivity index (χ2n) is 8.75. The quantitative estimate of drug-likeness (QED) is 0.588. The Bertz CT molecular complexity index is 1250. The number of benzene rings is 1. The van der Waals surface area contributed by atoms with Crippen LogP contribution in [0, 0.1) is 23.4 Å². The third kappa shape index (κ3) is 3.65. The van der Waals surface area contributed by atoms with Gasteiger partial charge in [-0.15, -0.1) is 0 Å². The van der Waals surface area contributed by atoms with Crippen molar-refractivity contribution in [2.24, 2.45) is 11.7 Å². The SMILES string of the molecule is NC(=O)c1nc(-c2c(F)cccc2F)c(F)c(C2(O)CCC3CCCC3O2)c1-c1cccnc1. The zero-order valence-electron chi connectivity index (χ0n) is 18.1. The van der Waals surface area contributed by atoms with E-state index in [1.165, 1.54) is 12.4 Å². The van der Waals surface area contributed by atoms with Gasteiger partial charge in [-0.2, -0.15) is 0 Å². The first kappa shape index (κ1) is 22.5. The second kappa shape index (κ2) is 8.48. The largest absolute Gasteiger partial charge is 0.364 e. The third-order valence-corrected chi connectivity index (χ3v) is 6.70. The van der Waals surface area contributed by atoms with Crippen molar-refractivity contribution in [1.29, 1.82) is 0 Å². The van der Waals surface area contributed by atoms with Crippen LogP contribution in [0.3, 0.4) is 0 Å². The fourth-order valence-electron chi connectivity index (χ4n) is 5.15. The molecule has 34 heavy (non-hydrogen) atoms. The topological polar surface area (TPSA) is 98.3 Å². The third-order valence-electron chi connectivity index (χ3n) is 6.70. The van der Waals surface area contributed by atoms with E-state index in [0.717, 1.165) is 31.0 Å². The molecule has 176 valence electrons. The number of halogens is 3. The average molecular weight is 469 g/mol. The monoisotopic (exact) mass is 469 g/mol. The van der Waals surface area contributed by atoms with E-state index in [2.05, 4.69) is 9.97 Å². The van der Waals surface area contributed by atoms with Crippen LogP contribution in [0.4, 0.5) is 13.2 Å². The molecule has 1 aliphatic heterocycles. The molecule has 2 aliphatic rings. The highest BCUT2D eigenvalue weighted by Gasteiger charge is 2.47. The molecule has 9 heteroatoms. The molecule has 0 spiro atoms. The van der Waals surface area contributed by atoms with E-state index in [1.807, 2.05) is 0 Å². The van der Waals surface area contributed by atoms with Crippen molar-refractivity contribution in [2.75, 3.05) is 0 Å². The van der Waals surface area contributed by atoms with E-state index in [9.17, 15) is 18.7 Å². The number of amides is 1. The van der Waals surface area contributed by atoms with Gasteiger partial charge in [-0.25, -0.2) is 18.2 Å². The molecule has 3 heterocycles. The van der Waals surface area contributed by atoms with Crippen molar-refractivity contribution in [3.63, 3.8) is 0 Å². The van der Waals surface area contributed by atoms with Gasteiger partial charge in [0, 0.05) is 29.9 Å². The number of aliphatic hydroxyl groups is 1. The van der Waals surface area contributed by atoms with E-state index in [-0.39, 0.29) is 29.6 Å². The number of pyridine rings is 2. The number of carbonyl (C=O) groups excluding carboxylic acids is 1. The standard InChI is InChI=1S/C25H22F3N3O3/c26-15-6-2-7-16(27)19(15)22-21(28)20(25(33)10-9-13-4-1-8-17(13)34-25)18(23(31-22)24(29)32)14-5-3-11-30-12-14/h2-3,5-7,11-13,17,33H,1,4,8-10H2,(H2,29,32).